The van der Waals surface area contributed by atoms with Crippen molar-refractivity contribution < 1.29 is 9.90 Å². The molecule has 14 heavy (non-hydrogen) atoms. The Morgan fingerprint density at radius 2 is 1.86 bits per heavy atom. The third-order valence-electron chi connectivity index (χ3n) is 3.60. The summed E-state index contributed by atoms with van der Waals surface area (Å²) >= 11 is 0. The van der Waals surface area contributed by atoms with Gasteiger partial charge >= 0.3 is 6.09 Å². The Labute approximate surface area is 84.5 Å². The number of nitrogens with zero attached hydrogens (tertiary/aromatic N) is 2. The van der Waals surface area contributed by atoms with Crippen LogP contribution < -0.4 is 0 Å². The van der Waals surface area contributed by atoms with Gasteiger partial charge in [-0.25, -0.2) is 4.79 Å². The van der Waals surface area contributed by atoms with Gasteiger partial charge in [-0.1, -0.05) is 12.8 Å². The summed E-state index contributed by atoms with van der Waals surface area (Å²) in [6.45, 7) is 1.56. The number of rotatable bonds is 0. The zero-order valence-corrected chi connectivity index (χ0v) is 8.65. The highest BCUT2D eigenvalue weighted by Crippen LogP contribution is 2.29. The fraction of sp³-hybridized carbons (Fsp3) is 0.900. The van der Waals surface area contributed by atoms with E-state index in [1.54, 1.807) is 4.90 Å². The van der Waals surface area contributed by atoms with Crippen LogP contribution in [0.15, 0.2) is 0 Å². The van der Waals surface area contributed by atoms with E-state index in [-0.39, 0.29) is 6.04 Å². The summed E-state index contributed by atoms with van der Waals surface area (Å²) in [5, 5.41) is 9.07. The van der Waals surface area contributed by atoms with Gasteiger partial charge in [-0.15, -0.1) is 0 Å². The first-order valence-electron chi connectivity index (χ1n) is 5.40. The van der Waals surface area contributed by atoms with Crippen molar-refractivity contribution in [3.8, 4) is 0 Å². The van der Waals surface area contributed by atoms with Gasteiger partial charge in [0.25, 0.3) is 0 Å². The van der Waals surface area contributed by atoms with Crippen LogP contribution in [0.2, 0.25) is 0 Å². The SMILES string of the molecule is CN1CCN(C(=O)O)[C@H]2CCCC[C@H]21. The Balaban J connectivity index is 2.12. The molecule has 0 aromatic heterocycles. The van der Waals surface area contributed by atoms with E-state index in [9.17, 15) is 4.79 Å². The Hall–Kier alpha value is -0.770. The number of fused-ring (bicyclic) bond motifs is 1. The first kappa shape index (κ1) is 9.77. The van der Waals surface area contributed by atoms with E-state index < -0.39 is 6.09 Å². The summed E-state index contributed by atoms with van der Waals surface area (Å²) in [7, 11) is 2.11. The van der Waals surface area contributed by atoms with Gasteiger partial charge in [0, 0.05) is 19.1 Å². The van der Waals surface area contributed by atoms with Gasteiger partial charge in [0.05, 0.1) is 6.04 Å². The van der Waals surface area contributed by atoms with E-state index in [2.05, 4.69) is 11.9 Å². The van der Waals surface area contributed by atoms with Gasteiger partial charge in [0.2, 0.25) is 0 Å². The van der Waals surface area contributed by atoms with Crippen LogP contribution in [0.1, 0.15) is 25.7 Å². The highest BCUT2D eigenvalue weighted by molar-refractivity contribution is 5.65. The third-order valence-corrected chi connectivity index (χ3v) is 3.60. The van der Waals surface area contributed by atoms with Gasteiger partial charge in [-0.05, 0) is 19.9 Å². The molecular weight excluding hydrogens is 180 g/mol. The van der Waals surface area contributed by atoms with Crippen LogP contribution in [0.25, 0.3) is 0 Å². The van der Waals surface area contributed by atoms with Crippen LogP contribution in [0.5, 0.6) is 0 Å². The maximum absolute atomic E-state index is 11.0. The number of amides is 1. The van der Waals surface area contributed by atoms with Gasteiger partial charge in [0.15, 0.2) is 0 Å². The molecule has 1 aliphatic heterocycles. The van der Waals surface area contributed by atoms with Gasteiger partial charge in [-0.2, -0.15) is 0 Å². The summed E-state index contributed by atoms with van der Waals surface area (Å²) in [4.78, 5) is 15.0. The molecule has 0 aromatic carbocycles. The molecule has 4 nitrogen and oxygen atoms in total. The fourth-order valence-corrected chi connectivity index (χ4v) is 2.80. The molecule has 1 aliphatic carbocycles. The maximum Gasteiger partial charge on any atom is 0.407 e. The molecule has 1 amide bonds. The highest BCUT2D eigenvalue weighted by Gasteiger charge is 2.38. The van der Waals surface area contributed by atoms with E-state index in [4.69, 9.17) is 5.11 Å². The van der Waals surface area contributed by atoms with E-state index in [1.807, 2.05) is 0 Å². The van der Waals surface area contributed by atoms with Crippen molar-refractivity contribution in [2.75, 3.05) is 20.1 Å². The van der Waals surface area contributed by atoms with E-state index >= 15 is 0 Å². The molecule has 80 valence electrons. The summed E-state index contributed by atoms with van der Waals surface area (Å²) in [5.74, 6) is 0. The normalized spacial score (nSPS) is 33.9. The first-order valence-corrected chi connectivity index (χ1v) is 5.40. The Morgan fingerprint density at radius 3 is 2.50 bits per heavy atom. The van der Waals surface area contributed by atoms with Crippen molar-refractivity contribution in [2.45, 2.75) is 37.8 Å². The van der Waals surface area contributed by atoms with Crippen LogP contribution in [0, 0.1) is 0 Å². The number of carbonyl (C=O) groups is 1. The Morgan fingerprint density at radius 1 is 1.21 bits per heavy atom. The quantitative estimate of drug-likeness (QED) is 0.636. The minimum Gasteiger partial charge on any atom is -0.465 e. The van der Waals surface area contributed by atoms with E-state index in [0.717, 1.165) is 19.4 Å². The smallest absolute Gasteiger partial charge is 0.407 e. The van der Waals surface area contributed by atoms with Crippen molar-refractivity contribution in [3.05, 3.63) is 0 Å². The number of piperazine rings is 1. The second-order valence-corrected chi connectivity index (χ2v) is 4.38. The Bertz CT molecular complexity index is 232. The van der Waals surface area contributed by atoms with Crippen LogP contribution in [0.3, 0.4) is 0 Å². The summed E-state index contributed by atoms with van der Waals surface area (Å²) in [6, 6.07) is 0.716. The molecule has 0 spiro atoms. The molecule has 0 radical (unpaired) electrons. The van der Waals surface area contributed by atoms with Crippen molar-refractivity contribution in [2.24, 2.45) is 0 Å². The lowest BCUT2D eigenvalue weighted by Crippen LogP contribution is -2.60. The predicted octanol–water partition coefficient (Wildman–Crippen LogP) is 1.22. The Kier molecular flexibility index (Phi) is 2.63. The topological polar surface area (TPSA) is 43.8 Å². The van der Waals surface area contributed by atoms with E-state index in [0.29, 0.717) is 12.6 Å². The minimum absolute atomic E-state index is 0.250. The molecule has 1 heterocycles. The lowest BCUT2D eigenvalue weighted by atomic mass is 9.87. The molecule has 1 saturated carbocycles. The van der Waals surface area contributed by atoms with Crippen molar-refractivity contribution in [1.82, 2.24) is 9.80 Å². The minimum atomic E-state index is -0.741. The number of carboxylic acid groups (broad SMARTS) is 1. The first-order chi connectivity index (χ1) is 6.70. The molecule has 2 fully saturated rings. The molecule has 1 N–H and O–H groups in total. The molecule has 0 bridgehead atoms. The predicted molar refractivity (Wildman–Crippen MR) is 53.4 cm³/mol. The summed E-state index contributed by atoms with van der Waals surface area (Å²) in [5.41, 5.74) is 0. The van der Waals surface area contributed by atoms with Crippen molar-refractivity contribution in [3.63, 3.8) is 0 Å². The molecule has 2 atom stereocenters. The zero-order valence-electron chi connectivity index (χ0n) is 8.65. The molecule has 0 unspecified atom stereocenters. The highest BCUT2D eigenvalue weighted by atomic mass is 16.4. The lowest BCUT2D eigenvalue weighted by molar-refractivity contribution is 0.0166. The molecular formula is C10H18N2O2. The zero-order chi connectivity index (χ0) is 10.1. The van der Waals surface area contributed by atoms with Crippen LogP contribution in [0.4, 0.5) is 4.79 Å². The van der Waals surface area contributed by atoms with Crippen LogP contribution >= 0.6 is 0 Å². The second-order valence-electron chi connectivity index (χ2n) is 4.38. The fourth-order valence-electron chi connectivity index (χ4n) is 2.80. The number of likely N-dealkylation sites (N-methyl/N-ethyl adjacent to an activating group) is 1. The lowest BCUT2D eigenvalue weighted by Gasteiger charge is -2.47. The molecule has 0 aromatic rings. The monoisotopic (exact) mass is 198 g/mol. The van der Waals surface area contributed by atoms with E-state index in [1.165, 1.54) is 12.8 Å². The van der Waals surface area contributed by atoms with Crippen LogP contribution in [-0.2, 0) is 0 Å². The van der Waals surface area contributed by atoms with Crippen LogP contribution in [-0.4, -0.2) is 53.2 Å². The second kappa shape index (κ2) is 3.77. The largest absolute Gasteiger partial charge is 0.465 e. The average Bonchev–Trinajstić information content (AvgIpc) is 2.18. The van der Waals surface area contributed by atoms with Crippen molar-refractivity contribution in [1.29, 1.82) is 0 Å². The summed E-state index contributed by atoms with van der Waals surface area (Å²) < 4.78 is 0. The average molecular weight is 198 g/mol. The van der Waals surface area contributed by atoms with Gasteiger partial charge < -0.3 is 10.0 Å². The van der Waals surface area contributed by atoms with Gasteiger partial charge in [-0.3, -0.25) is 4.90 Å². The molecule has 2 aliphatic rings. The van der Waals surface area contributed by atoms with Crippen molar-refractivity contribution >= 4 is 6.09 Å². The third kappa shape index (κ3) is 1.59. The number of hydrogen-bond donors (Lipinski definition) is 1. The van der Waals surface area contributed by atoms with Gasteiger partial charge in [0.1, 0.15) is 0 Å². The number of hydrogen-bond acceptors (Lipinski definition) is 2. The standard InChI is InChI=1S/C10H18N2O2/c1-11-6-7-12(10(13)14)9-5-3-2-4-8(9)11/h8-9H,2-7H2,1H3,(H,13,14)/t8-,9+/m1/s1. The summed E-state index contributed by atoms with van der Waals surface area (Å²) in [6.07, 6.45) is 3.89. The maximum atomic E-state index is 11.0. The molecule has 2 rings (SSSR count). The molecule has 1 saturated heterocycles. The molecule has 4 heteroatoms.